The van der Waals surface area contributed by atoms with E-state index in [0.29, 0.717) is 36.9 Å². The van der Waals surface area contributed by atoms with Crippen LogP contribution in [0, 0.1) is 20.2 Å². The van der Waals surface area contributed by atoms with Crippen LogP contribution in [0.4, 0.5) is 11.4 Å². The Morgan fingerprint density at radius 3 is 2.06 bits per heavy atom. The van der Waals surface area contributed by atoms with Crippen molar-refractivity contribution in [2.75, 3.05) is 14.2 Å². The standard InChI is InChI=1S/C10H6BrClN2O3.C10H7BrN2O4/c1-17-9-3-7-5(2-6(9)11)10(12)8(4-13-7)14(15)16;1-17-9-3-7-5(2-6(9)11)10(14)8(4-12-7)13(15)16/h2-4H,1H3;2-4H,1H3,(H,12,14). The predicted molar refractivity (Wildman–Crippen MR) is 133 cm³/mol. The summed E-state index contributed by atoms with van der Waals surface area (Å²) < 4.78 is 11.4. The van der Waals surface area contributed by atoms with Crippen molar-refractivity contribution in [1.82, 2.24) is 9.97 Å². The lowest BCUT2D eigenvalue weighted by molar-refractivity contribution is -0.386. The molecular formula is C20H13Br2ClN4O7. The van der Waals surface area contributed by atoms with E-state index >= 15 is 0 Å². The molecule has 0 unspecified atom stereocenters. The van der Waals surface area contributed by atoms with Crippen LogP contribution in [0.15, 0.2) is 50.4 Å². The van der Waals surface area contributed by atoms with E-state index in [1.807, 2.05) is 0 Å². The van der Waals surface area contributed by atoms with Crippen LogP contribution in [0.25, 0.3) is 21.8 Å². The van der Waals surface area contributed by atoms with Crippen molar-refractivity contribution in [3.8, 4) is 11.5 Å². The smallest absolute Gasteiger partial charge is 0.332 e. The van der Waals surface area contributed by atoms with Crippen molar-refractivity contribution in [2.45, 2.75) is 0 Å². The predicted octanol–water partition coefficient (Wildman–Crippen LogP) is 5.77. The van der Waals surface area contributed by atoms with Gasteiger partial charge in [0.15, 0.2) is 0 Å². The molecule has 0 saturated heterocycles. The van der Waals surface area contributed by atoms with Crippen molar-refractivity contribution in [2.24, 2.45) is 0 Å². The third-order valence-electron chi connectivity index (χ3n) is 4.58. The minimum Gasteiger partial charge on any atom is -0.495 e. The quantitative estimate of drug-likeness (QED) is 0.224. The molecule has 34 heavy (non-hydrogen) atoms. The summed E-state index contributed by atoms with van der Waals surface area (Å²) in [6.07, 6.45) is 2.22. The molecule has 0 aliphatic heterocycles. The zero-order chi connectivity index (χ0) is 25.2. The van der Waals surface area contributed by atoms with Gasteiger partial charge in [-0.3, -0.25) is 25.0 Å². The molecule has 2 aromatic heterocycles. The van der Waals surface area contributed by atoms with Gasteiger partial charge in [-0.25, -0.2) is 4.98 Å². The highest BCUT2D eigenvalue weighted by atomic mass is 79.9. The fraction of sp³-hybridized carbons (Fsp3) is 0.100. The number of benzene rings is 2. The molecule has 0 saturated carbocycles. The van der Waals surface area contributed by atoms with Crippen molar-refractivity contribution in [1.29, 1.82) is 0 Å². The van der Waals surface area contributed by atoms with Crippen molar-refractivity contribution >= 4 is 76.6 Å². The molecule has 2 aromatic carbocycles. The Hall–Kier alpha value is -3.29. The highest BCUT2D eigenvalue weighted by Gasteiger charge is 2.18. The van der Waals surface area contributed by atoms with Gasteiger partial charge in [-0.05, 0) is 44.0 Å². The van der Waals surface area contributed by atoms with Crippen LogP contribution in [-0.4, -0.2) is 34.0 Å². The topological polar surface area (TPSA) is 150 Å². The van der Waals surface area contributed by atoms with E-state index in [1.54, 1.807) is 18.2 Å². The molecule has 4 rings (SSSR count). The summed E-state index contributed by atoms with van der Waals surface area (Å²) in [5.41, 5.74) is -0.279. The molecule has 0 aliphatic rings. The minimum atomic E-state index is -0.712. The molecule has 0 fully saturated rings. The Morgan fingerprint density at radius 1 is 0.941 bits per heavy atom. The molecule has 14 heteroatoms. The summed E-state index contributed by atoms with van der Waals surface area (Å²) in [5, 5.41) is 22.2. The Morgan fingerprint density at radius 2 is 1.50 bits per heavy atom. The first-order chi connectivity index (χ1) is 16.1. The molecule has 0 radical (unpaired) electrons. The van der Waals surface area contributed by atoms with E-state index in [4.69, 9.17) is 21.1 Å². The minimum absolute atomic E-state index is 0.0725. The average molecular weight is 617 g/mol. The zero-order valence-corrected chi connectivity index (χ0v) is 21.2. The van der Waals surface area contributed by atoms with Crippen LogP contribution in [0.1, 0.15) is 0 Å². The third kappa shape index (κ3) is 4.95. The summed E-state index contributed by atoms with van der Waals surface area (Å²) in [4.78, 5) is 38.6. The van der Waals surface area contributed by atoms with Gasteiger partial charge in [0.05, 0.1) is 55.6 Å². The van der Waals surface area contributed by atoms with E-state index < -0.39 is 21.0 Å². The number of aromatic nitrogens is 2. The number of hydrogen-bond donors (Lipinski definition) is 1. The van der Waals surface area contributed by atoms with Gasteiger partial charge in [-0.1, -0.05) is 11.6 Å². The second-order valence-electron chi connectivity index (χ2n) is 6.51. The number of halogens is 3. The van der Waals surface area contributed by atoms with E-state index in [2.05, 4.69) is 41.8 Å². The number of nitrogens with one attached hydrogen (secondary N) is 1. The maximum Gasteiger partial charge on any atom is 0.332 e. The molecule has 0 amide bonds. The zero-order valence-electron chi connectivity index (χ0n) is 17.3. The number of rotatable bonds is 4. The maximum absolute atomic E-state index is 11.8. The van der Waals surface area contributed by atoms with Crippen molar-refractivity contribution in [3.63, 3.8) is 0 Å². The first kappa shape index (κ1) is 25.3. The Bertz CT molecular complexity index is 1510. The molecule has 0 atom stereocenters. The average Bonchev–Trinajstić information content (AvgIpc) is 2.79. The lowest BCUT2D eigenvalue weighted by atomic mass is 10.2. The first-order valence-corrected chi connectivity index (χ1v) is 11.0. The number of nitrogens with zero attached hydrogens (tertiary/aromatic N) is 3. The molecule has 0 bridgehead atoms. The van der Waals surface area contributed by atoms with E-state index in [1.165, 1.54) is 20.3 Å². The van der Waals surface area contributed by atoms with E-state index in [-0.39, 0.29) is 16.1 Å². The van der Waals surface area contributed by atoms with Gasteiger partial charge in [0.25, 0.3) is 5.43 Å². The van der Waals surface area contributed by atoms with Crippen LogP contribution in [0.3, 0.4) is 0 Å². The molecule has 2 heterocycles. The van der Waals surface area contributed by atoms with Gasteiger partial charge in [0.2, 0.25) is 0 Å². The monoisotopic (exact) mass is 614 g/mol. The lowest BCUT2D eigenvalue weighted by Crippen LogP contribution is -2.09. The number of ether oxygens (including phenoxy) is 2. The molecule has 11 nitrogen and oxygen atoms in total. The van der Waals surface area contributed by atoms with Crippen molar-refractivity contribution < 1.29 is 19.3 Å². The molecule has 1 N–H and O–H groups in total. The maximum atomic E-state index is 11.8. The fourth-order valence-electron chi connectivity index (χ4n) is 2.94. The first-order valence-electron chi connectivity index (χ1n) is 9.08. The summed E-state index contributed by atoms with van der Waals surface area (Å²) in [6.45, 7) is 0. The largest absolute Gasteiger partial charge is 0.495 e. The SMILES string of the molecule is COc1cc2[nH]cc([N+](=O)[O-])c(=O)c2cc1Br.COc1cc2ncc([N+](=O)[O-])c(Cl)c2cc1Br. The molecule has 0 spiro atoms. The molecular weight excluding hydrogens is 604 g/mol. The lowest BCUT2D eigenvalue weighted by Gasteiger charge is -2.06. The van der Waals surface area contributed by atoms with Crippen LogP contribution in [-0.2, 0) is 0 Å². The number of hydrogen-bond acceptors (Lipinski definition) is 8. The van der Waals surface area contributed by atoms with E-state index in [9.17, 15) is 25.0 Å². The Labute approximate surface area is 212 Å². The van der Waals surface area contributed by atoms with Crippen LogP contribution in [0.5, 0.6) is 11.5 Å². The van der Waals surface area contributed by atoms with Crippen LogP contribution < -0.4 is 14.9 Å². The van der Waals surface area contributed by atoms with Gasteiger partial charge in [-0.2, -0.15) is 0 Å². The van der Waals surface area contributed by atoms with Crippen LogP contribution >= 0.6 is 43.5 Å². The highest BCUT2D eigenvalue weighted by Crippen LogP contribution is 2.36. The fourth-order valence-corrected chi connectivity index (χ4v) is 4.22. The summed E-state index contributed by atoms with van der Waals surface area (Å²) in [7, 11) is 3.02. The molecule has 0 aliphatic carbocycles. The number of pyridine rings is 2. The van der Waals surface area contributed by atoms with Gasteiger partial charge in [-0.15, -0.1) is 0 Å². The number of nitro groups is 2. The molecule has 4 aromatic rings. The number of aromatic amines is 1. The van der Waals surface area contributed by atoms with Crippen molar-refractivity contribution in [3.05, 3.63) is 81.1 Å². The highest BCUT2D eigenvalue weighted by molar-refractivity contribution is 9.11. The Kier molecular flexibility index (Phi) is 7.69. The van der Waals surface area contributed by atoms with Gasteiger partial charge < -0.3 is 14.5 Å². The van der Waals surface area contributed by atoms with Gasteiger partial charge >= 0.3 is 11.4 Å². The number of H-pyrrole nitrogens is 1. The summed E-state index contributed by atoms with van der Waals surface area (Å²) in [5.74, 6) is 1.14. The number of fused-ring (bicyclic) bond motifs is 2. The summed E-state index contributed by atoms with van der Waals surface area (Å²) in [6, 6.07) is 6.41. The molecule has 176 valence electrons. The third-order valence-corrected chi connectivity index (χ3v) is 6.22. The second-order valence-corrected chi connectivity index (χ2v) is 8.60. The Balaban J connectivity index is 0.000000191. The van der Waals surface area contributed by atoms with Gasteiger partial charge in [0, 0.05) is 17.5 Å². The normalized spacial score (nSPS) is 10.5. The van der Waals surface area contributed by atoms with Crippen LogP contribution in [0.2, 0.25) is 5.02 Å². The number of methoxy groups -OCH3 is 2. The second kappa shape index (κ2) is 10.3. The van der Waals surface area contributed by atoms with E-state index in [0.717, 1.165) is 12.4 Å². The summed E-state index contributed by atoms with van der Waals surface area (Å²) >= 11 is 12.5. The van der Waals surface area contributed by atoms with Gasteiger partial charge in [0.1, 0.15) is 22.7 Å².